The molecule has 1 atom stereocenters. The molecule has 0 N–H and O–H groups in total. The SMILES string of the molecule is C/C(=C\c1ccc2c(c1)N(S(=O)(=O)c1cccc(C)c1)C[C@H](CCOS(C)(=O)=O)O2)c1c(F)cccc1Cl. The number of sulfonamides is 1. The van der Waals surface area contributed by atoms with E-state index < -0.39 is 32.1 Å². The highest BCUT2D eigenvalue weighted by Crippen LogP contribution is 2.39. The molecule has 0 spiro atoms. The summed E-state index contributed by atoms with van der Waals surface area (Å²) in [4.78, 5) is 0.117. The Morgan fingerprint density at radius 3 is 2.55 bits per heavy atom. The van der Waals surface area contributed by atoms with Gasteiger partial charge in [-0.15, -0.1) is 0 Å². The number of fused-ring (bicyclic) bond motifs is 1. The zero-order chi connectivity index (χ0) is 27.7. The molecule has 1 aliphatic rings. The van der Waals surface area contributed by atoms with Crippen LogP contribution in [0, 0.1) is 12.7 Å². The predicted octanol–water partition coefficient (Wildman–Crippen LogP) is 5.67. The van der Waals surface area contributed by atoms with Crippen LogP contribution in [0.3, 0.4) is 0 Å². The second-order valence-corrected chi connectivity index (χ2v) is 13.0. The van der Waals surface area contributed by atoms with Gasteiger partial charge in [-0.05, 0) is 66.9 Å². The largest absolute Gasteiger partial charge is 0.486 e. The first-order chi connectivity index (χ1) is 17.8. The van der Waals surface area contributed by atoms with Crippen molar-refractivity contribution in [1.29, 1.82) is 0 Å². The second-order valence-electron chi connectivity index (χ2n) is 9.06. The quantitative estimate of drug-likeness (QED) is 0.252. The first kappa shape index (κ1) is 28.1. The minimum atomic E-state index is -4.00. The highest BCUT2D eigenvalue weighted by molar-refractivity contribution is 7.92. The number of ether oxygens (including phenoxy) is 1. The molecule has 0 amide bonds. The fourth-order valence-electron chi connectivity index (χ4n) is 4.23. The molecule has 4 rings (SSSR count). The number of aryl methyl sites for hydroxylation is 1. The maximum absolute atomic E-state index is 14.5. The summed E-state index contributed by atoms with van der Waals surface area (Å²) in [6, 6.07) is 16.0. The van der Waals surface area contributed by atoms with Gasteiger partial charge in [0, 0.05) is 12.0 Å². The Morgan fingerprint density at radius 1 is 1.13 bits per heavy atom. The van der Waals surface area contributed by atoms with Gasteiger partial charge in [0.15, 0.2) is 0 Å². The third-order valence-corrected chi connectivity index (χ3v) is 8.66. The minimum absolute atomic E-state index is 0.0539. The molecule has 1 aliphatic heterocycles. The maximum atomic E-state index is 14.5. The van der Waals surface area contributed by atoms with E-state index in [1.54, 1.807) is 62.4 Å². The predicted molar refractivity (Wildman–Crippen MR) is 147 cm³/mol. The van der Waals surface area contributed by atoms with E-state index in [0.717, 1.165) is 11.8 Å². The number of hydrogen-bond donors (Lipinski definition) is 0. The summed E-state index contributed by atoms with van der Waals surface area (Å²) >= 11 is 6.22. The van der Waals surface area contributed by atoms with Crippen LogP contribution in [0.5, 0.6) is 5.75 Å². The average molecular weight is 580 g/mol. The van der Waals surface area contributed by atoms with Gasteiger partial charge in [-0.3, -0.25) is 8.49 Å². The molecule has 0 saturated carbocycles. The van der Waals surface area contributed by atoms with Gasteiger partial charge in [0.2, 0.25) is 0 Å². The van der Waals surface area contributed by atoms with Crippen LogP contribution in [0.25, 0.3) is 11.6 Å². The Bertz CT molecular complexity index is 1590. The van der Waals surface area contributed by atoms with Crippen LogP contribution in [0.15, 0.2) is 65.6 Å². The lowest BCUT2D eigenvalue weighted by molar-refractivity contribution is 0.163. The summed E-state index contributed by atoms with van der Waals surface area (Å²) in [7, 11) is -7.65. The number of benzene rings is 3. The van der Waals surface area contributed by atoms with Gasteiger partial charge in [-0.1, -0.05) is 41.9 Å². The molecule has 7 nitrogen and oxygen atoms in total. The van der Waals surface area contributed by atoms with Gasteiger partial charge in [0.1, 0.15) is 17.7 Å². The number of allylic oxidation sites excluding steroid dienone is 1. The van der Waals surface area contributed by atoms with Crippen LogP contribution in [-0.4, -0.2) is 42.3 Å². The molecule has 1 heterocycles. The second kappa shape index (κ2) is 11.1. The number of rotatable bonds is 8. The Hall–Kier alpha value is -2.92. The first-order valence-electron chi connectivity index (χ1n) is 11.7. The van der Waals surface area contributed by atoms with Gasteiger partial charge < -0.3 is 4.74 Å². The summed E-state index contributed by atoms with van der Waals surface area (Å²) < 4.78 is 76.9. The van der Waals surface area contributed by atoms with Crippen LogP contribution in [0.4, 0.5) is 10.1 Å². The van der Waals surface area contributed by atoms with E-state index in [2.05, 4.69) is 0 Å². The van der Waals surface area contributed by atoms with Gasteiger partial charge in [-0.2, -0.15) is 8.42 Å². The summed E-state index contributed by atoms with van der Waals surface area (Å²) in [5.74, 6) is -0.147. The molecule has 0 aromatic heterocycles. The van der Waals surface area contributed by atoms with Crippen molar-refractivity contribution in [2.45, 2.75) is 31.3 Å². The molecule has 0 saturated heterocycles. The standard InChI is InChI=1S/C27H27ClFNO6S2/c1-18-6-4-7-22(14-18)38(33,34)30-17-21(12-13-35-37(3,31)32)36-26-11-10-20(16-25(26)30)15-19(2)27-23(28)8-5-9-24(27)29/h4-11,14-16,21H,12-13,17H2,1-3H3/b19-15+/t21-/m0/s1. The zero-order valence-corrected chi connectivity index (χ0v) is 23.4. The molecular weight excluding hydrogens is 553 g/mol. The molecule has 11 heteroatoms. The molecule has 0 aliphatic carbocycles. The molecule has 0 unspecified atom stereocenters. The third-order valence-electron chi connectivity index (χ3n) is 5.97. The van der Waals surface area contributed by atoms with Gasteiger partial charge in [0.05, 0.1) is 35.0 Å². The van der Waals surface area contributed by atoms with Crippen LogP contribution < -0.4 is 9.04 Å². The van der Waals surface area contributed by atoms with Gasteiger partial charge in [-0.25, -0.2) is 12.8 Å². The van der Waals surface area contributed by atoms with Crippen molar-refractivity contribution in [3.8, 4) is 5.75 Å². The molecule has 0 radical (unpaired) electrons. The van der Waals surface area contributed by atoms with Crippen LogP contribution in [0.1, 0.15) is 30.0 Å². The van der Waals surface area contributed by atoms with Crippen molar-refractivity contribution in [3.05, 3.63) is 88.2 Å². The van der Waals surface area contributed by atoms with E-state index in [-0.39, 0.29) is 35.1 Å². The van der Waals surface area contributed by atoms with E-state index in [9.17, 15) is 21.2 Å². The maximum Gasteiger partial charge on any atom is 0.264 e. The summed E-state index contributed by atoms with van der Waals surface area (Å²) in [5, 5.41) is 0.267. The molecule has 202 valence electrons. The topological polar surface area (TPSA) is 90.0 Å². The average Bonchev–Trinajstić information content (AvgIpc) is 2.83. The normalized spacial score (nSPS) is 16.2. The molecule has 3 aromatic carbocycles. The van der Waals surface area contributed by atoms with Gasteiger partial charge >= 0.3 is 0 Å². The number of nitrogens with zero attached hydrogens (tertiary/aromatic N) is 1. The zero-order valence-electron chi connectivity index (χ0n) is 21.0. The first-order valence-corrected chi connectivity index (χ1v) is 15.4. The monoisotopic (exact) mass is 579 g/mol. The lowest BCUT2D eigenvalue weighted by atomic mass is 10.0. The van der Waals surface area contributed by atoms with Gasteiger partial charge in [0.25, 0.3) is 20.1 Å². The lowest BCUT2D eigenvalue weighted by Gasteiger charge is -2.35. The Morgan fingerprint density at radius 2 is 1.87 bits per heavy atom. The Kier molecular flexibility index (Phi) is 8.17. The highest BCUT2D eigenvalue weighted by atomic mass is 35.5. The Labute approximate surface area is 227 Å². The molecule has 0 bridgehead atoms. The summed E-state index contributed by atoms with van der Waals surface area (Å²) in [6.07, 6.45) is 2.17. The van der Waals surface area contributed by atoms with Crippen LogP contribution >= 0.6 is 11.6 Å². The van der Waals surface area contributed by atoms with Crippen molar-refractivity contribution in [2.75, 3.05) is 23.7 Å². The van der Waals surface area contributed by atoms with Crippen molar-refractivity contribution in [1.82, 2.24) is 0 Å². The van der Waals surface area contributed by atoms with E-state index in [0.29, 0.717) is 22.6 Å². The number of halogens is 2. The van der Waals surface area contributed by atoms with E-state index in [1.807, 2.05) is 0 Å². The van der Waals surface area contributed by atoms with Crippen LogP contribution in [-0.2, 0) is 24.3 Å². The number of hydrogen-bond acceptors (Lipinski definition) is 6. The van der Waals surface area contributed by atoms with Crippen molar-refractivity contribution >= 4 is 49.1 Å². The smallest absolute Gasteiger partial charge is 0.264 e. The number of anilines is 1. The molecule has 38 heavy (non-hydrogen) atoms. The van der Waals surface area contributed by atoms with Crippen molar-refractivity contribution in [2.24, 2.45) is 0 Å². The van der Waals surface area contributed by atoms with E-state index in [1.165, 1.54) is 22.5 Å². The van der Waals surface area contributed by atoms with Crippen molar-refractivity contribution < 1.29 is 30.1 Å². The third kappa shape index (κ3) is 6.37. The van der Waals surface area contributed by atoms with Crippen LogP contribution in [0.2, 0.25) is 5.02 Å². The highest BCUT2D eigenvalue weighted by Gasteiger charge is 2.35. The fraction of sp³-hybridized carbons (Fsp3) is 0.259. The Balaban J connectivity index is 1.75. The molecule has 0 fully saturated rings. The summed E-state index contributed by atoms with van der Waals surface area (Å²) in [6.45, 7) is 3.32. The lowest BCUT2D eigenvalue weighted by Crippen LogP contribution is -2.44. The fourth-order valence-corrected chi connectivity index (χ4v) is 6.54. The molecule has 3 aromatic rings. The summed E-state index contributed by atoms with van der Waals surface area (Å²) in [5.41, 5.74) is 2.54. The molecular formula is C27H27ClFNO6S2. The minimum Gasteiger partial charge on any atom is -0.486 e. The van der Waals surface area contributed by atoms with E-state index >= 15 is 0 Å². The van der Waals surface area contributed by atoms with Crippen molar-refractivity contribution in [3.63, 3.8) is 0 Å². The van der Waals surface area contributed by atoms with E-state index in [4.69, 9.17) is 20.5 Å².